The molecule has 0 unspecified atom stereocenters. The van der Waals surface area contributed by atoms with Crippen LogP contribution in [0, 0.1) is 17.8 Å². The molecule has 0 fully saturated rings. The summed E-state index contributed by atoms with van der Waals surface area (Å²) in [5.41, 5.74) is 6.45. The number of amides is 7. The molecule has 0 heterocycles. The second kappa shape index (κ2) is 31.3. The fourth-order valence-corrected chi connectivity index (χ4v) is 7.37. The number of nitrogens with two attached hydrogens (primary N) is 1. The Bertz CT molecular complexity index is 1890. The molecule has 1 rings (SSSR count). The van der Waals surface area contributed by atoms with Gasteiger partial charge in [0, 0.05) is 19.3 Å². The first-order valence-corrected chi connectivity index (χ1v) is 24.4. The molecule has 0 saturated heterocycles. The number of aliphatic hydroxyl groups excluding tert-OH is 1. The van der Waals surface area contributed by atoms with Crippen molar-refractivity contribution in [3.63, 3.8) is 0 Å². The number of carboxylic acid groups (broad SMARTS) is 3. The summed E-state index contributed by atoms with van der Waals surface area (Å²) in [6.07, 6.45) is -1.42. The van der Waals surface area contributed by atoms with Gasteiger partial charge in [-0.2, -0.15) is 11.8 Å². The Morgan fingerprint density at radius 3 is 1.64 bits per heavy atom. The molecule has 0 aliphatic rings. The number of nitrogens with one attached hydrogen (secondary N) is 7. The van der Waals surface area contributed by atoms with Crippen LogP contribution in [0.25, 0.3) is 0 Å². The van der Waals surface area contributed by atoms with E-state index in [1.807, 2.05) is 13.8 Å². The number of aliphatic hydroxyl groups is 1. The molecule has 0 bridgehead atoms. The van der Waals surface area contributed by atoms with E-state index in [4.69, 9.17) is 10.8 Å². The van der Waals surface area contributed by atoms with Crippen LogP contribution in [-0.4, -0.2) is 146 Å². The van der Waals surface area contributed by atoms with E-state index in [2.05, 4.69) is 37.2 Å². The molecule has 0 spiro atoms. The maximum Gasteiger partial charge on any atom is 0.326 e. The van der Waals surface area contributed by atoms with Crippen LogP contribution in [0.4, 0.5) is 0 Å². The van der Waals surface area contributed by atoms with Gasteiger partial charge in [-0.1, -0.05) is 71.9 Å². The van der Waals surface area contributed by atoms with E-state index in [1.54, 1.807) is 64.3 Å². The van der Waals surface area contributed by atoms with E-state index in [9.17, 15) is 63.3 Å². The molecule has 13 N–H and O–H groups in total. The highest BCUT2D eigenvalue weighted by molar-refractivity contribution is 7.98. The highest BCUT2D eigenvalue weighted by atomic mass is 32.2. The average Bonchev–Trinajstić information content (AvgIpc) is 3.25. The van der Waals surface area contributed by atoms with Gasteiger partial charge in [0.25, 0.3) is 0 Å². The molecule has 0 aromatic heterocycles. The van der Waals surface area contributed by atoms with Gasteiger partial charge in [0.1, 0.15) is 36.3 Å². The first-order valence-electron chi connectivity index (χ1n) is 23.0. The monoisotopic (exact) mass is 995 g/mol. The van der Waals surface area contributed by atoms with Crippen LogP contribution < -0.4 is 43.0 Å². The van der Waals surface area contributed by atoms with Crippen molar-refractivity contribution in [3.05, 3.63) is 35.9 Å². The minimum Gasteiger partial charge on any atom is -0.481 e. The number of carbonyl (C=O) groups is 10. The van der Waals surface area contributed by atoms with Crippen LogP contribution in [0.3, 0.4) is 0 Å². The summed E-state index contributed by atoms with van der Waals surface area (Å²) in [5, 5.41) is 57.3. The van der Waals surface area contributed by atoms with Gasteiger partial charge >= 0.3 is 17.9 Å². The van der Waals surface area contributed by atoms with Crippen molar-refractivity contribution in [2.24, 2.45) is 23.5 Å². The normalized spacial score (nSPS) is 15.2. The molecule has 22 nitrogen and oxygen atoms in total. The minimum atomic E-state index is -1.50. The first kappa shape index (κ1) is 61.2. The van der Waals surface area contributed by atoms with Gasteiger partial charge in [-0.05, 0) is 74.4 Å². The van der Waals surface area contributed by atoms with Crippen LogP contribution in [0.15, 0.2) is 30.3 Å². The van der Waals surface area contributed by atoms with Gasteiger partial charge in [-0.15, -0.1) is 0 Å². The molecule has 0 aliphatic carbocycles. The molecule has 23 heteroatoms. The maximum absolute atomic E-state index is 13.8. The number of hydrogen-bond donors (Lipinski definition) is 12. The second-order valence-electron chi connectivity index (χ2n) is 18.2. The smallest absolute Gasteiger partial charge is 0.326 e. The molecule has 1 aromatic carbocycles. The third-order valence-corrected chi connectivity index (χ3v) is 11.3. The largest absolute Gasteiger partial charge is 0.481 e. The standard InChI is InChI=1S/C46H74N8O14S/c1-24(2)20-32(52-43(64)31(18-19-69-8)51-45(66)39(26(5)6)54-41(62)29(47)14-16-37(57)58)35(55)23-36(56)49-33(21-25(3)4)44(65)48-27(7)40(61)50-30(15-17-38(59)60)42(63)53-34(46(67)68)22-28-12-10-9-11-13-28/h9-13,24-27,29-35,39,55H,14-23,47H2,1-8H3,(H,48,65)(H,49,56)(H,50,61)(H,51,66)(H,52,64)(H,53,63)(H,54,62)(H,57,58)(H,59,60)(H,67,68)/t27-,29-,30-,31-,32-,33-,34-,35-,39-/m0/s1. The summed E-state index contributed by atoms with van der Waals surface area (Å²) in [6, 6.07) is -1.53. The Hall–Kier alpha value is -5.81. The SMILES string of the molecule is CSCC[C@H](NC(=O)[C@@H](NC(=O)[C@@H](N)CCC(=O)O)C(C)C)C(=O)N[C@@H](CC(C)C)[C@@H](O)CC(=O)N[C@@H](CC(C)C)C(=O)N[C@@H](C)C(=O)N[C@@H](CCC(=O)O)C(=O)N[C@@H](Cc1ccccc1)C(=O)O. The second-order valence-corrected chi connectivity index (χ2v) is 19.2. The lowest BCUT2D eigenvalue weighted by Gasteiger charge is -2.30. The Morgan fingerprint density at radius 1 is 0.580 bits per heavy atom. The average molecular weight is 995 g/mol. The number of benzene rings is 1. The van der Waals surface area contributed by atoms with Gasteiger partial charge in [0.15, 0.2) is 0 Å². The lowest BCUT2D eigenvalue weighted by molar-refractivity contribution is -0.143. The predicted molar refractivity (Wildman–Crippen MR) is 256 cm³/mol. The summed E-state index contributed by atoms with van der Waals surface area (Å²) in [4.78, 5) is 128. The van der Waals surface area contributed by atoms with Crippen LogP contribution in [0.1, 0.15) is 105 Å². The number of carboxylic acids is 3. The third-order valence-electron chi connectivity index (χ3n) is 10.7. The molecule has 7 amide bonds. The molecular formula is C46H74N8O14S. The molecule has 1 aromatic rings. The molecule has 0 aliphatic heterocycles. The minimum absolute atomic E-state index is 0.0821. The number of rotatable bonds is 33. The van der Waals surface area contributed by atoms with Crippen LogP contribution >= 0.6 is 11.8 Å². The Kier molecular flexibility index (Phi) is 27.8. The van der Waals surface area contributed by atoms with Crippen molar-refractivity contribution in [1.29, 1.82) is 0 Å². The topological polar surface area (TPSA) is 362 Å². The van der Waals surface area contributed by atoms with Crippen LogP contribution in [0.2, 0.25) is 0 Å². The van der Waals surface area contributed by atoms with Gasteiger partial charge in [-0.3, -0.25) is 43.2 Å². The molecule has 69 heavy (non-hydrogen) atoms. The zero-order chi connectivity index (χ0) is 52.5. The summed E-state index contributed by atoms with van der Waals surface area (Å²) in [5.74, 6) is -9.64. The molecular weight excluding hydrogens is 921 g/mol. The van der Waals surface area contributed by atoms with Gasteiger partial charge < -0.3 is 63.4 Å². The summed E-state index contributed by atoms with van der Waals surface area (Å²) >= 11 is 1.41. The molecule has 388 valence electrons. The summed E-state index contributed by atoms with van der Waals surface area (Å²) < 4.78 is 0. The summed E-state index contributed by atoms with van der Waals surface area (Å²) in [7, 11) is 0. The third kappa shape index (κ3) is 24.4. The van der Waals surface area contributed by atoms with Crippen molar-refractivity contribution >= 4 is 71.0 Å². The number of aliphatic carboxylic acids is 3. The van der Waals surface area contributed by atoms with Crippen molar-refractivity contribution in [3.8, 4) is 0 Å². The Balaban J connectivity index is 3.15. The quantitative estimate of drug-likeness (QED) is 0.0442. The Morgan fingerprint density at radius 2 is 1.10 bits per heavy atom. The number of thioether (sulfide) groups is 1. The van der Waals surface area contributed by atoms with Crippen molar-refractivity contribution in [2.45, 2.75) is 161 Å². The van der Waals surface area contributed by atoms with Crippen molar-refractivity contribution < 1.29 is 68.4 Å². The maximum atomic E-state index is 13.8. The van der Waals surface area contributed by atoms with Gasteiger partial charge in [0.2, 0.25) is 41.4 Å². The lowest BCUT2D eigenvalue weighted by atomic mass is 9.96. The first-order chi connectivity index (χ1) is 32.2. The molecule has 0 radical (unpaired) electrons. The highest BCUT2D eigenvalue weighted by Crippen LogP contribution is 2.15. The van der Waals surface area contributed by atoms with Gasteiger partial charge in [0.05, 0.1) is 24.6 Å². The zero-order valence-corrected chi connectivity index (χ0v) is 41.6. The lowest BCUT2D eigenvalue weighted by Crippen LogP contribution is -2.59. The van der Waals surface area contributed by atoms with Crippen LogP contribution in [-0.2, 0) is 54.4 Å². The fourth-order valence-electron chi connectivity index (χ4n) is 6.90. The number of hydrogen-bond acceptors (Lipinski definition) is 13. The number of carbonyl (C=O) groups excluding carboxylic acids is 7. The zero-order valence-electron chi connectivity index (χ0n) is 40.7. The van der Waals surface area contributed by atoms with E-state index in [0.717, 1.165) is 0 Å². The Labute approximate surface area is 407 Å². The van der Waals surface area contributed by atoms with E-state index in [0.29, 0.717) is 11.3 Å². The molecule has 9 atom stereocenters. The summed E-state index contributed by atoms with van der Waals surface area (Å²) in [6.45, 7) is 11.8. The van der Waals surface area contributed by atoms with E-state index in [1.165, 1.54) is 18.7 Å². The van der Waals surface area contributed by atoms with E-state index in [-0.39, 0.29) is 50.4 Å². The predicted octanol–water partition coefficient (Wildman–Crippen LogP) is 0.0364. The van der Waals surface area contributed by atoms with Gasteiger partial charge in [-0.25, -0.2) is 4.79 Å². The van der Waals surface area contributed by atoms with Crippen molar-refractivity contribution in [2.75, 3.05) is 12.0 Å². The van der Waals surface area contributed by atoms with E-state index < -0.39 is 139 Å². The van der Waals surface area contributed by atoms with E-state index >= 15 is 0 Å². The molecule has 0 saturated carbocycles. The fraction of sp³-hybridized carbons (Fsp3) is 0.652. The highest BCUT2D eigenvalue weighted by Gasteiger charge is 2.34. The van der Waals surface area contributed by atoms with Crippen LogP contribution in [0.5, 0.6) is 0 Å². The van der Waals surface area contributed by atoms with Crippen molar-refractivity contribution in [1.82, 2.24) is 37.2 Å².